The number of benzene rings is 1. The van der Waals surface area contributed by atoms with E-state index in [0.29, 0.717) is 6.07 Å². The van der Waals surface area contributed by atoms with Crippen molar-refractivity contribution in [3.8, 4) is 0 Å². The van der Waals surface area contributed by atoms with Crippen molar-refractivity contribution >= 4 is 24.2 Å². The van der Waals surface area contributed by atoms with E-state index in [-0.39, 0.29) is 0 Å². The summed E-state index contributed by atoms with van der Waals surface area (Å²) in [5, 5.41) is 19.9. The Hall–Kier alpha value is -2.86. The Bertz CT molecular complexity index is 1180. The fourth-order valence-electron chi connectivity index (χ4n) is 2.51. The number of halogens is 17. The molecule has 0 bridgehead atoms. The molecule has 1 amide bonds. The number of carbonyl (C=O) groups excluding carboxylic acids is 1. The van der Waals surface area contributed by atoms with E-state index in [4.69, 9.17) is 0 Å². The molecule has 0 saturated carbocycles. The van der Waals surface area contributed by atoms with Crippen molar-refractivity contribution in [1.82, 2.24) is 0 Å². The van der Waals surface area contributed by atoms with E-state index in [1.807, 2.05) is 0 Å². The molecule has 6 nitrogen and oxygen atoms in total. The summed E-state index contributed by atoms with van der Waals surface area (Å²) >= 11 is 0. The molecule has 1 aromatic carbocycles. The van der Waals surface area contributed by atoms with Crippen molar-refractivity contribution in [2.45, 2.75) is 55.3 Å². The first-order valence-corrected chi connectivity index (χ1v) is 9.87. The number of amides is 1. The number of nitrogens with one attached hydrogen (secondary N) is 1. The van der Waals surface area contributed by atoms with Crippen molar-refractivity contribution in [1.29, 1.82) is 0 Å². The lowest BCUT2D eigenvalue weighted by molar-refractivity contribution is -0.554. The maximum absolute atomic E-state index is 15.2. The molecule has 0 heterocycles. The highest BCUT2D eigenvalue weighted by atomic mass is 19.4. The molecule has 3 N–H and O–H groups in total. The molecule has 2 atom stereocenters. The summed E-state index contributed by atoms with van der Waals surface area (Å²) in [5.74, 6) is -24.0. The molecule has 0 saturated heterocycles. The Morgan fingerprint density at radius 3 is 1.57 bits per heavy atom. The second-order valence-electron chi connectivity index (χ2n) is 7.95. The fourth-order valence-corrected chi connectivity index (χ4v) is 2.51. The maximum atomic E-state index is 15.2. The summed E-state index contributed by atoms with van der Waals surface area (Å²) < 4.78 is 231. The van der Waals surface area contributed by atoms with Crippen LogP contribution >= 0.6 is 0 Å². The summed E-state index contributed by atoms with van der Waals surface area (Å²) in [5.41, 5.74) is -5.69. The van der Waals surface area contributed by atoms with Gasteiger partial charge in [-0.3, -0.25) is 14.3 Å². The van der Waals surface area contributed by atoms with Gasteiger partial charge in [0, 0.05) is 16.8 Å². The first-order chi connectivity index (χ1) is 18.3. The van der Waals surface area contributed by atoms with Crippen LogP contribution in [0.4, 0.5) is 80.3 Å². The third kappa shape index (κ3) is 6.85. The summed E-state index contributed by atoms with van der Waals surface area (Å²) in [4.78, 5) is 11.7. The number of alkyl halides is 17. The zero-order valence-corrected chi connectivity index (χ0v) is 19.6. The SMILES string of the molecule is C=C(C)C(=O)Nc1cc(B(O)O)cc(C(F)(OC(F)(F)C(F)(OC(F)(F)C(F)(F)C(F)(F)F)C(F)(F)F)C(F)(F)F)c1. The Labute approximate surface area is 220 Å². The molecule has 240 valence electrons. The molecule has 1 rings (SSSR count). The topological polar surface area (TPSA) is 88.0 Å². The number of carbonyl (C=O) groups is 1. The molecule has 0 aliphatic heterocycles. The van der Waals surface area contributed by atoms with Crippen molar-refractivity contribution in [2.75, 3.05) is 5.32 Å². The lowest BCUT2D eigenvalue weighted by atomic mass is 9.78. The smallest absolute Gasteiger partial charge is 0.423 e. The number of anilines is 1. The van der Waals surface area contributed by atoms with E-state index in [2.05, 4.69) is 11.3 Å². The van der Waals surface area contributed by atoms with Crippen LogP contribution in [0.15, 0.2) is 30.4 Å². The van der Waals surface area contributed by atoms with E-state index in [0.717, 1.165) is 6.92 Å². The van der Waals surface area contributed by atoms with Crippen LogP contribution in [0.5, 0.6) is 0 Å². The maximum Gasteiger partial charge on any atom is 0.488 e. The highest BCUT2D eigenvalue weighted by molar-refractivity contribution is 6.58. The average molecular weight is 655 g/mol. The zero-order chi connectivity index (χ0) is 33.7. The van der Waals surface area contributed by atoms with Crippen molar-refractivity contribution in [3.63, 3.8) is 0 Å². The van der Waals surface area contributed by atoms with Crippen molar-refractivity contribution in [3.05, 3.63) is 35.9 Å². The first-order valence-electron chi connectivity index (χ1n) is 9.87. The number of rotatable bonds is 10. The molecular weight excluding hydrogens is 644 g/mol. The van der Waals surface area contributed by atoms with Gasteiger partial charge in [-0.2, -0.15) is 74.6 Å². The highest BCUT2D eigenvalue weighted by Crippen LogP contribution is 2.57. The van der Waals surface area contributed by atoms with E-state index in [1.165, 1.54) is 4.74 Å². The van der Waals surface area contributed by atoms with Crippen LogP contribution in [-0.2, 0) is 20.1 Å². The van der Waals surface area contributed by atoms with Crippen LogP contribution in [0.2, 0.25) is 0 Å². The standard InChI is InChI=1S/C18H11BF17NO5/c1-6(2)10(38)37-9-4-7(3-8(5-9)19(39)40)11(20,14(24,25)26)41-18(35,36)13(23,16(30,31)32)42-17(33,34)12(21,22)15(27,28)29/h3-5,39-40H,1H2,2H3,(H,37,38). The summed E-state index contributed by atoms with van der Waals surface area (Å²) in [6.07, 6.45) is -38.7. The molecule has 0 aliphatic carbocycles. The van der Waals surface area contributed by atoms with Crippen LogP contribution in [-0.4, -0.2) is 65.6 Å². The van der Waals surface area contributed by atoms with Crippen molar-refractivity contribution < 1.29 is 99.0 Å². The lowest BCUT2D eigenvalue weighted by Gasteiger charge is -2.40. The summed E-state index contributed by atoms with van der Waals surface area (Å²) in [7, 11) is -2.99. The molecule has 2 unspecified atom stereocenters. The van der Waals surface area contributed by atoms with Crippen LogP contribution in [0.25, 0.3) is 0 Å². The highest BCUT2D eigenvalue weighted by Gasteiger charge is 2.85. The van der Waals surface area contributed by atoms with Gasteiger partial charge in [0.2, 0.25) is 0 Å². The number of hydrogen-bond acceptors (Lipinski definition) is 5. The Morgan fingerprint density at radius 1 is 0.738 bits per heavy atom. The first kappa shape index (κ1) is 37.2. The number of hydrogen-bond donors (Lipinski definition) is 3. The van der Waals surface area contributed by atoms with Gasteiger partial charge in [0.1, 0.15) is 0 Å². The molecule has 0 aromatic heterocycles. The quantitative estimate of drug-likeness (QED) is 0.183. The predicted molar refractivity (Wildman–Crippen MR) is 102 cm³/mol. The van der Waals surface area contributed by atoms with E-state index < -0.39 is 95.8 Å². The molecule has 0 radical (unpaired) electrons. The minimum atomic E-state index is -8.09. The summed E-state index contributed by atoms with van der Waals surface area (Å²) in [6, 6.07) is -0.621. The zero-order valence-electron chi connectivity index (χ0n) is 19.6. The van der Waals surface area contributed by atoms with Gasteiger partial charge in [-0.25, -0.2) is 0 Å². The Balaban J connectivity index is 3.94. The Kier molecular flexibility index (Phi) is 9.74. The van der Waals surface area contributed by atoms with Crippen LogP contribution in [0, 0.1) is 0 Å². The molecule has 1 aromatic rings. The minimum Gasteiger partial charge on any atom is -0.423 e. The van der Waals surface area contributed by atoms with E-state index >= 15 is 4.39 Å². The van der Waals surface area contributed by atoms with Gasteiger partial charge >= 0.3 is 55.5 Å². The van der Waals surface area contributed by atoms with Gasteiger partial charge in [-0.1, -0.05) is 12.6 Å². The lowest BCUT2D eigenvalue weighted by Crippen LogP contribution is -2.67. The minimum absolute atomic E-state index is 0.294. The molecular formula is C18H11BF17NO5. The van der Waals surface area contributed by atoms with Gasteiger partial charge < -0.3 is 15.4 Å². The van der Waals surface area contributed by atoms with Gasteiger partial charge in [0.25, 0.3) is 5.91 Å². The molecule has 42 heavy (non-hydrogen) atoms. The van der Waals surface area contributed by atoms with E-state index in [9.17, 15) is 85.1 Å². The second-order valence-corrected chi connectivity index (χ2v) is 7.95. The summed E-state index contributed by atoms with van der Waals surface area (Å²) in [6.45, 7) is 3.98. The Morgan fingerprint density at radius 2 is 1.21 bits per heavy atom. The fraction of sp³-hybridized carbons (Fsp3) is 0.500. The van der Waals surface area contributed by atoms with Gasteiger partial charge in [0.15, 0.2) is 0 Å². The van der Waals surface area contributed by atoms with Gasteiger partial charge in [0.05, 0.1) is 0 Å². The molecule has 0 spiro atoms. The van der Waals surface area contributed by atoms with Crippen LogP contribution < -0.4 is 10.8 Å². The normalized spacial score (nSPS) is 16.9. The largest absolute Gasteiger partial charge is 0.488 e. The van der Waals surface area contributed by atoms with Gasteiger partial charge in [-0.15, -0.1) is 0 Å². The third-order valence-corrected chi connectivity index (χ3v) is 4.63. The predicted octanol–water partition coefficient (Wildman–Crippen LogP) is 5.21. The monoisotopic (exact) mass is 655 g/mol. The van der Waals surface area contributed by atoms with Crippen LogP contribution in [0.1, 0.15) is 12.5 Å². The van der Waals surface area contributed by atoms with Gasteiger partial charge in [-0.05, 0) is 24.5 Å². The molecule has 0 aliphatic rings. The van der Waals surface area contributed by atoms with E-state index in [1.54, 1.807) is 5.32 Å². The van der Waals surface area contributed by atoms with Crippen molar-refractivity contribution in [2.24, 2.45) is 0 Å². The molecule has 24 heteroatoms. The molecule has 0 fully saturated rings. The second kappa shape index (κ2) is 11.0. The number of ether oxygens (including phenoxy) is 2. The third-order valence-electron chi connectivity index (χ3n) is 4.63. The average Bonchev–Trinajstić information content (AvgIpc) is 2.75. The van der Waals surface area contributed by atoms with Crippen LogP contribution in [0.3, 0.4) is 0 Å².